The molecule has 4 nitrogen and oxygen atoms in total. The second kappa shape index (κ2) is 5.03. The van der Waals surface area contributed by atoms with Gasteiger partial charge in [-0.2, -0.15) is 0 Å². The summed E-state index contributed by atoms with van der Waals surface area (Å²) in [6, 6.07) is 0. The van der Waals surface area contributed by atoms with Gasteiger partial charge in [-0.05, 0) is 41.4 Å². The molecule has 1 fully saturated rings. The average Bonchev–Trinajstić information content (AvgIpc) is 2.69. The van der Waals surface area contributed by atoms with Crippen LogP contribution in [-0.2, 0) is 6.54 Å². The van der Waals surface area contributed by atoms with Crippen LogP contribution in [0.2, 0.25) is 0 Å². The molecule has 2 aromatic rings. The zero-order valence-corrected chi connectivity index (χ0v) is 12.4. The smallest absolute Gasteiger partial charge is 0.146 e. The molecule has 18 heavy (non-hydrogen) atoms. The van der Waals surface area contributed by atoms with Crippen LogP contribution in [0, 0.1) is 9.49 Å². The molecule has 1 aliphatic carbocycles. The minimum atomic E-state index is 0.590. The molecule has 5 heteroatoms. The Labute approximate surface area is 120 Å². The van der Waals surface area contributed by atoms with Gasteiger partial charge in [-0.3, -0.25) is 0 Å². The monoisotopic (exact) mass is 356 g/mol. The predicted molar refractivity (Wildman–Crippen MR) is 81.2 cm³/mol. The molecular formula is C13H17IN4. The number of fused-ring (bicyclic) bond motifs is 1. The molecule has 1 aliphatic rings. The van der Waals surface area contributed by atoms with Crippen LogP contribution in [-0.4, -0.2) is 14.5 Å². The number of rotatable bonds is 2. The van der Waals surface area contributed by atoms with Crippen molar-refractivity contribution < 1.29 is 0 Å². The third-order valence-electron chi connectivity index (χ3n) is 3.82. The molecule has 0 atom stereocenters. The van der Waals surface area contributed by atoms with E-state index in [1.807, 2.05) is 0 Å². The number of halogens is 1. The van der Waals surface area contributed by atoms with Crippen molar-refractivity contribution in [1.29, 1.82) is 0 Å². The molecule has 0 aromatic carbocycles. The largest absolute Gasteiger partial charge is 0.383 e. The molecular weight excluding hydrogens is 339 g/mol. The van der Waals surface area contributed by atoms with E-state index in [1.54, 1.807) is 6.33 Å². The predicted octanol–water partition coefficient (Wildman–Crippen LogP) is 3.20. The molecule has 0 amide bonds. The summed E-state index contributed by atoms with van der Waals surface area (Å²) in [5, 5.41) is 1.01. The molecule has 1 saturated carbocycles. The van der Waals surface area contributed by atoms with Crippen LogP contribution in [0.25, 0.3) is 11.0 Å². The summed E-state index contributed by atoms with van der Waals surface area (Å²) < 4.78 is 3.40. The Kier molecular flexibility index (Phi) is 3.41. The molecule has 2 N–H and O–H groups in total. The van der Waals surface area contributed by atoms with E-state index in [2.05, 4.69) is 43.3 Å². The van der Waals surface area contributed by atoms with Gasteiger partial charge in [0, 0.05) is 16.3 Å². The SMILES string of the molecule is Nc1ncnc2c1c(I)cn2CC1CCCCC1. The molecule has 96 valence electrons. The second-order valence-corrected chi connectivity index (χ2v) is 6.25. The summed E-state index contributed by atoms with van der Waals surface area (Å²) in [5.74, 6) is 1.38. The Balaban J connectivity index is 1.94. The normalized spacial score (nSPS) is 17.4. The van der Waals surface area contributed by atoms with Crippen molar-refractivity contribution in [2.75, 3.05) is 5.73 Å². The highest BCUT2D eigenvalue weighted by atomic mass is 127. The minimum absolute atomic E-state index is 0.590. The summed E-state index contributed by atoms with van der Waals surface area (Å²) in [4.78, 5) is 8.47. The van der Waals surface area contributed by atoms with Gasteiger partial charge in [0.25, 0.3) is 0 Å². The summed E-state index contributed by atoms with van der Waals surface area (Å²) in [6.07, 6.45) is 10.6. The van der Waals surface area contributed by atoms with Crippen LogP contribution in [0.15, 0.2) is 12.5 Å². The van der Waals surface area contributed by atoms with E-state index in [-0.39, 0.29) is 0 Å². The van der Waals surface area contributed by atoms with E-state index >= 15 is 0 Å². The quantitative estimate of drug-likeness (QED) is 0.841. The summed E-state index contributed by atoms with van der Waals surface area (Å²) in [6.45, 7) is 1.07. The van der Waals surface area contributed by atoms with E-state index in [0.29, 0.717) is 5.82 Å². The van der Waals surface area contributed by atoms with Crippen LogP contribution in [0.3, 0.4) is 0 Å². The highest BCUT2D eigenvalue weighted by molar-refractivity contribution is 14.1. The maximum atomic E-state index is 5.93. The van der Waals surface area contributed by atoms with Gasteiger partial charge in [-0.15, -0.1) is 0 Å². The maximum Gasteiger partial charge on any atom is 0.146 e. The highest BCUT2D eigenvalue weighted by Gasteiger charge is 2.17. The van der Waals surface area contributed by atoms with Gasteiger partial charge in [0.2, 0.25) is 0 Å². The number of hydrogen-bond donors (Lipinski definition) is 1. The van der Waals surface area contributed by atoms with E-state index < -0.39 is 0 Å². The number of anilines is 1. The second-order valence-electron chi connectivity index (χ2n) is 5.09. The lowest BCUT2D eigenvalue weighted by molar-refractivity contribution is 0.322. The first-order valence-electron chi connectivity index (χ1n) is 6.50. The summed E-state index contributed by atoms with van der Waals surface area (Å²) in [5.41, 5.74) is 6.92. The number of hydrogen-bond acceptors (Lipinski definition) is 3. The number of nitrogens with two attached hydrogens (primary N) is 1. The minimum Gasteiger partial charge on any atom is -0.383 e. The van der Waals surface area contributed by atoms with Gasteiger partial charge in [-0.25, -0.2) is 9.97 Å². The Morgan fingerprint density at radius 1 is 1.28 bits per heavy atom. The summed E-state index contributed by atoms with van der Waals surface area (Å²) >= 11 is 2.32. The first-order valence-corrected chi connectivity index (χ1v) is 7.58. The van der Waals surface area contributed by atoms with E-state index in [0.717, 1.165) is 27.1 Å². The van der Waals surface area contributed by atoms with Crippen molar-refractivity contribution in [1.82, 2.24) is 14.5 Å². The van der Waals surface area contributed by atoms with Gasteiger partial charge >= 0.3 is 0 Å². The third-order valence-corrected chi connectivity index (χ3v) is 4.63. The lowest BCUT2D eigenvalue weighted by Gasteiger charge is -2.22. The van der Waals surface area contributed by atoms with Gasteiger partial charge in [0.15, 0.2) is 0 Å². The van der Waals surface area contributed by atoms with E-state index in [9.17, 15) is 0 Å². The molecule has 0 spiro atoms. The molecule has 0 unspecified atom stereocenters. The van der Waals surface area contributed by atoms with Gasteiger partial charge < -0.3 is 10.3 Å². The fourth-order valence-electron chi connectivity index (χ4n) is 2.89. The molecule has 3 rings (SSSR count). The van der Waals surface area contributed by atoms with Crippen LogP contribution in [0.5, 0.6) is 0 Å². The molecule has 0 radical (unpaired) electrons. The van der Waals surface area contributed by atoms with Crippen LogP contribution < -0.4 is 5.73 Å². The Hall–Kier alpha value is -0.850. The van der Waals surface area contributed by atoms with Crippen molar-refractivity contribution in [3.8, 4) is 0 Å². The van der Waals surface area contributed by atoms with Gasteiger partial charge in [0.05, 0.1) is 5.39 Å². The van der Waals surface area contributed by atoms with Crippen molar-refractivity contribution in [3.05, 3.63) is 16.1 Å². The fourth-order valence-corrected chi connectivity index (χ4v) is 3.74. The van der Waals surface area contributed by atoms with Crippen molar-refractivity contribution >= 4 is 39.4 Å². The van der Waals surface area contributed by atoms with Gasteiger partial charge in [-0.1, -0.05) is 19.3 Å². The van der Waals surface area contributed by atoms with Crippen molar-refractivity contribution in [3.63, 3.8) is 0 Å². The first-order chi connectivity index (χ1) is 8.75. The van der Waals surface area contributed by atoms with Crippen molar-refractivity contribution in [2.45, 2.75) is 38.6 Å². The number of aromatic nitrogens is 3. The first kappa shape index (κ1) is 12.2. The highest BCUT2D eigenvalue weighted by Crippen LogP contribution is 2.29. The molecule has 0 aliphatic heterocycles. The molecule has 2 aromatic heterocycles. The molecule has 0 bridgehead atoms. The topological polar surface area (TPSA) is 56.7 Å². The number of nitrogens with zero attached hydrogens (tertiary/aromatic N) is 3. The standard InChI is InChI=1S/C13H17IN4/c14-10-7-18(6-9-4-2-1-3-5-9)13-11(10)12(15)16-8-17-13/h7-9H,1-6H2,(H2,15,16,17). The van der Waals surface area contributed by atoms with Crippen molar-refractivity contribution in [2.24, 2.45) is 5.92 Å². The van der Waals surface area contributed by atoms with Gasteiger partial charge in [0.1, 0.15) is 17.8 Å². The molecule has 0 saturated heterocycles. The zero-order valence-electron chi connectivity index (χ0n) is 10.3. The number of nitrogen functional groups attached to an aromatic ring is 1. The Bertz CT molecular complexity index is 557. The fraction of sp³-hybridized carbons (Fsp3) is 0.538. The zero-order chi connectivity index (χ0) is 12.5. The lowest BCUT2D eigenvalue weighted by atomic mass is 9.89. The van der Waals surface area contributed by atoms with Crippen LogP contribution in [0.1, 0.15) is 32.1 Å². The maximum absolute atomic E-state index is 5.93. The average molecular weight is 356 g/mol. The third kappa shape index (κ3) is 2.20. The summed E-state index contributed by atoms with van der Waals surface area (Å²) in [7, 11) is 0. The Morgan fingerprint density at radius 2 is 2.06 bits per heavy atom. The van der Waals surface area contributed by atoms with E-state index in [4.69, 9.17) is 5.73 Å². The van der Waals surface area contributed by atoms with E-state index in [1.165, 1.54) is 32.1 Å². The lowest BCUT2D eigenvalue weighted by Crippen LogP contribution is -2.13. The van der Waals surface area contributed by atoms with Crippen LogP contribution >= 0.6 is 22.6 Å². The molecule has 2 heterocycles. The Morgan fingerprint density at radius 3 is 2.83 bits per heavy atom. The van der Waals surface area contributed by atoms with Crippen LogP contribution in [0.4, 0.5) is 5.82 Å².